The highest BCUT2D eigenvalue weighted by atomic mass is 35.5. The van der Waals surface area contributed by atoms with Crippen molar-refractivity contribution in [1.82, 2.24) is 15.0 Å². The minimum absolute atomic E-state index is 0.146. The maximum absolute atomic E-state index is 6.04. The molecule has 2 aromatic carbocycles. The van der Waals surface area contributed by atoms with Crippen molar-refractivity contribution in [2.45, 2.75) is 23.5 Å². The number of halogens is 1. The van der Waals surface area contributed by atoms with Crippen LogP contribution >= 0.6 is 23.4 Å². The van der Waals surface area contributed by atoms with Crippen LogP contribution < -0.4 is 11.1 Å². The molecule has 0 saturated heterocycles. The van der Waals surface area contributed by atoms with E-state index in [0.717, 1.165) is 16.1 Å². The van der Waals surface area contributed by atoms with Crippen LogP contribution in [0.4, 0.5) is 11.6 Å². The van der Waals surface area contributed by atoms with Gasteiger partial charge in [-0.25, -0.2) is 0 Å². The summed E-state index contributed by atoms with van der Waals surface area (Å²) in [5.41, 5.74) is 8.79. The Balaban J connectivity index is 1.84. The molecule has 1 heterocycles. The maximum Gasteiger partial charge on any atom is 0.232 e. The highest BCUT2D eigenvalue weighted by Gasteiger charge is 2.09. The van der Waals surface area contributed by atoms with Crippen LogP contribution in [0.2, 0.25) is 5.28 Å². The molecule has 0 saturated carbocycles. The quantitative estimate of drug-likeness (QED) is 0.713. The molecule has 0 radical (unpaired) electrons. The molecular weight excluding hydrogens is 342 g/mol. The number of nitrogens with one attached hydrogen (secondary N) is 1. The van der Waals surface area contributed by atoms with Crippen LogP contribution in [0.15, 0.2) is 58.6 Å². The van der Waals surface area contributed by atoms with Crippen molar-refractivity contribution in [2.75, 3.05) is 5.32 Å². The summed E-state index contributed by atoms with van der Waals surface area (Å²) in [5, 5.41) is 3.84. The summed E-state index contributed by atoms with van der Waals surface area (Å²) in [4.78, 5) is 13.8. The monoisotopic (exact) mass is 357 g/mol. The Kier molecular flexibility index (Phi) is 5.30. The Bertz CT molecular complexity index is 839. The van der Waals surface area contributed by atoms with Gasteiger partial charge in [0.1, 0.15) is 0 Å². The molecule has 0 amide bonds. The van der Waals surface area contributed by atoms with Gasteiger partial charge in [-0.2, -0.15) is 15.0 Å². The summed E-state index contributed by atoms with van der Waals surface area (Å²) < 4.78 is 0. The first-order chi connectivity index (χ1) is 11.6. The van der Waals surface area contributed by atoms with Gasteiger partial charge < -0.3 is 11.1 Å². The highest BCUT2D eigenvalue weighted by Crippen LogP contribution is 2.27. The molecule has 5 nitrogen and oxygen atoms in total. The Hall–Kier alpha value is -2.15. The van der Waals surface area contributed by atoms with Crippen molar-refractivity contribution in [3.05, 3.63) is 64.9 Å². The number of nitrogens with two attached hydrogens (primary N) is 1. The number of para-hydroxylation sites is 1. The lowest BCUT2D eigenvalue weighted by molar-refractivity contribution is 0.911. The molecular formula is C17H16ClN5S. The van der Waals surface area contributed by atoms with E-state index in [4.69, 9.17) is 17.3 Å². The third-order valence-electron chi connectivity index (χ3n) is 3.30. The molecule has 0 fully saturated rings. The SMILES string of the molecule is Cc1ccc(Sc2nc(Cl)nc(Nc3ccccc3CN)n2)cc1. The summed E-state index contributed by atoms with van der Waals surface area (Å²) in [6.07, 6.45) is 0. The van der Waals surface area contributed by atoms with E-state index < -0.39 is 0 Å². The number of benzene rings is 2. The van der Waals surface area contributed by atoms with E-state index in [-0.39, 0.29) is 5.28 Å². The first-order valence-electron chi connectivity index (χ1n) is 7.35. The highest BCUT2D eigenvalue weighted by molar-refractivity contribution is 7.99. The largest absolute Gasteiger partial charge is 0.326 e. The van der Waals surface area contributed by atoms with Crippen molar-refractivity contribution in [3.8, 4) is 0 Å². The smallest absolute Gasteiger partial charge is 0.232 e. The fourth-order valence-corrected chi connectivity index (χ4v) is 3.04. The second-order valence-corrected chi connectivity index (χ2v) is 6.49. The van der Waals surface area contributed by atoms with Crippen LogP contribution in [0.3, 0.4) is 0 Å². The topological polar surface area (TPSA) is 76.7 Å². The molecule has 3 N–H and O–H groups in total. The standard InChI is InChI=1S/C17H16ClN5S/c1-11-6-8-13(9-7-11)24-17-22-15(18)21-16(23-17)20-14-5-3-2-4-12(14)10-19/h2-9H,10,19H2,1H3,(H,20,21,22,23). The molecule has 24 heavy (non-hydrogen) atoms. The van der Waals surface area contributed by atoms with Crippen LogP contribution in [-0.2, 0) is 6.54 Å². The van der Waals surface area contributed by atoms with Crippen LogP contribution in [0.25, 0.3) is 0 Å². The lowest BCUT2D eigenvalue weighted by Crippen LogP contribution is -2.05. The van der Waals surface area contributed by atoms with Gasteiger partial charge in [0.2, 0.25) is 11.2 Å². The molecule has 7 heteroatoms. The van der Waals surface area contributed by atoms with Gasteiger partial charge in [0.05, 0.1) is 0 Å². The summed E-state index contributed by atoms with van der Waals surface area (Å²) in [6.45, 7) is 2.47. The van der Waals surface area contributed by atoms with Crippen molar-refractivity contribution in [2.24, 2.45) is 5.73 Å². The lowest BCUT2D eigenvalue weighted by Gasteiger charge is -2.10. The van der Waals surface area contributed by atoms with E-state index in [1.54, 1.807) is 0 Å². The Morgan fingerprint density at radius 3 is 2.54 bits per heavy atom. The molecule has 0 unspecified atom stereocenters. The average Bonchev–Trinajstić information content (AvgIpc) is 2.57. The Morgan fingerprint density at radius 2 is 1.79 bits per heavy atom. The van der Waals surface area contributed by atoms with Gasteiger partial charge in [0.15, 0.2) is 5.16 Å². The first kappa shape index (κ1) is 16.7. The van der Waals surface area contributed by atoms with Crippen molar-refractivity contribution in [1.29, 1.82) is 0 Å². The van der Waals surface area contributed by atoms with Gasteiger partial charge in [-0.05, 0) is 54.0 Å². The predicted molar refractivity (Wildman–Crippen MR) is 97.8 cm³/mol. The van der Waals surface area contributed by atoms with Crippen LogP contribution in [0.1, 0.15) is 11.1 Å². The van der Waals surface area contributed by atoms with Gasteiger partial charge in [-0.15, -0.1) is 0 Å². The fourth-order valence-electron chi connectivity index (χ4n) is 2.09. The number of nitrogens with zero attached hydrogens (tertiary/aromatic N) is 3. The molecule has 0 aliphatic carbocycles. The summed E-state index contributed by atoms with van der Waals surface area (Å²) in [7, 11) is 0. The van der Waals surface area contributed by atoms with Crippen LogP contribution in [0.5, 0.6) is 0 Å². The zero-order valence-corrected chi connectivity index (χ0v) is 14.6. The number of rotatable bonds is 5. The first-order valence-corrected chi connectivity index (χ1v) is 8.54. The number of anilines is 2. The molecule has 0 bridgehead atoms. The van der Waals surface area contributed by atoms with Crippen LogP contribution in [0, 0.1) is 6.92 Å². The number of aryl methyl sites for hydroxylation is 1. The van der Waals surface area contributed by atoms with Crippen LogP contribution in [-0.4, -0.2) is 15.0 Å². The molecule has 0 aliphatic heterocycles. The van der Waals surface area contributed by atoms with E-state index in [1.165, 1.54) is 17.3 Å². The van der Waals surface area contributed by atoms with Crippen molar-refractivity contribution < 1.29 is 0 Å². The number of aromatic nitrogens is 3. The maximum atomic E-state index is 6.04. The fraction of sp³-hybridized carbons (Fsp3) is 0.118. The molecule has 3 aromatic rings. The third kappa shape index (κ3) is 4.23. The molecule has 122 valence electrons. The summed E-state index contributed by atoms with van der Waals surface area (Å²) >= 11 is 7.47. The minimum Gasteiger partial charge on any atom is -0.326 e. The van der Waals surface area contributed by atoms with Crippen molar-refractivity contribution >= 4 is 35.0 Å². The minimum atomic E-state index is 0.146. The third-order valence-corrected chi connectivity index (χ3v) is 4.34. The second-order valence-electron chi connectivity index (χ2n) is 5.11. The van der Waals surface area contributed by atoms with E-state index >= 15 is 0 Å². The van der Waals surface area contributed by atoms with E-state index in [9.17, 15) is 0 Å². The van der Waals surface area contributed by atoms with E-state index in [1.807, 2.05) is 55.5 Å². The Labute approximate surface area is 149 Å². The van der Waals surface area contributed by atoms with Gasteiger partial charge in [-0.3, -0.25) is 0 Å². The zero-order chi connectivity index (χ0) is 16.9. The van der Waals surface area contributed by atoms with Gasteiger partial charge in [0.25, 0.3) is 0 Å². The zero-order valence-electron chi connectivity index (χ0n) is 13.0. The number of hydrogen-bond donors (Lipinski definition) is 2. The van der Waals surface area contributed by atoms with Gasteiger partial charge in [0, 0.05) is 17.1 Å². The second kappa shape index (κ2) is 7.61. The molecule has 0 spiro atoms. The summed E-state index contributed by atoms with van der Waals surface area (Å²) in [5.74, 6) is 0.394. The van der Waals surface area contributed by atoms with Crippen molar-refractivity contribution in [3.63, 3.8) is 0 Å². The Morgan fingerprint density at radius 1 is 1.04 bits per heavy atom. The van der Waals surface area contributed by atoms with Gasteiger partial charge in [-0.1, -0.05) is 35.9 Å². The molecule has 1 aromatic heterocycles. The predicted octanol–water partition coefficient (Wildman–Crippen LogP) is 4.19. The van der Waals surface area contributed by atoms with E-state index in [2.05, 4.69) is 20.3 Å². The molecule has 0 aliphatic rings. The lowest BCUT2D eigenvalue weighted by atomic mass is 10.2. The van der Waals surface area contributed by atoms with E-state index in [0.29, 0.717) is 17.6 Å². The normalized spacial score (nSPS) is 10.6. The molecule has 0 atom stereocenters. The number of hydrogen-bond acceptors (Lipinski definition) is 6. The van der Waals surface area contributed by atoms with Gasteiger partial charge >= 0.3 is 0 Å². The molecule has 3 rings (SSSR count). The summed E-state index contributed by atoms with van der Waals surface area (Å²) in [6, 6.07) is 15.9. The average molecular weight is 358 g/mol.